The number of hydrogen-bond donors (Lipinski definition) is 0. The highest BCUT2D eigenvalue weighted by molar-refractivity contribution is 8.18. The monoisotopic (exact) mass is 426 g/mol. The van der Waals surface area contributed by atoms with Gasteiger partial charge in [-0.2, -0.15) is 0 Å². The summed E-state index contributed by atoms with van der Waals surface area (Å²) in [5.74, 6) is -1.42. The third-order valence-corrected chi connectivity index (χ3v) is 7.42. The second-order valence-corrected chi connectivity index (χ2v) is 9.89. The molecule has 3 amide bonds. The SMILES string of the molecule is CN(C(=O)CCN1C(=O)S/C(=C\c2ccccc2F)C1=O)C1CCS(=O)(=O)C1. The van der Waals surface area contributed by atoms with Gasteiger partial charge in [-0.25, -0.2) is 12.8 Å². The molecule has 2 saturated heterocycles. The smallest absolute Gasteiger partial charge is 0.293 e. The summed E-state index contributed by atoms with van der Waals surface area (Å²) in [6, 6.07) is 5.52. The van der Waals surface area contributed by atoms with Gasteiger partial charge in [0.05, 0.1) is 16.4 Å². The van der Waals surface area contributed by atoms with Crippen LogP contribution in [0.2, 0.25) is 0 Å². The fourth-order valence-electron chi connectivity index (χ4n) is 3.09. The molecule has 2 aliphatic rings. The molecule has 0 aromatic heterocycles. The molecule has 2 fully saturated rings. The molecule has 3 rings (SSSR count). The zero-order chi connectivity index (χ0) is 20.5. The van der Waals surface area contributed by atoms with Gasteiger partial charge in [0.25, 0.3) is 11.1 Å². The molecule has 0 saturated carbocycles. The Morgan fingerprint density at radius 1 is 1.36 bits per heavy atom. The molecular formula is C18H19FN2O5S2. The summed E-state index contributed by atoms with van der Waals surface area (Å²) < 4.78 is 36.9. The summed E-state index contributed by atoms with van der Waals surface area (Å²) in [6.45, 7) is -0.109. The summed E-state index contributed by atoms with van der Waals surface area (Å²) >= 11 is 0.698. The van der Waals surface area contributed by atoms with E-state index in [1.165, 1.54) is 36.2 Å². The predicted octanol–water partition coefficient (Wildman–Crippen LogP) is 1.90. The number of sulfone groups is 1. The first-order valence-electron chi connectivity index (χ1n) is 8.64. The first-order valence-corrected chi connectivity index (χ1v) is 11.3. The number of benzene rings is 1. The summed E-state index contributed by atoms with van der Waals surface area (Å²) in [5, 5.41) is -0.522. The number of hydrogen-bond acceptors (Lipinski definition) is 6. The van der Waals surface area contributed by atoms with Crippen LogP contribution in [0.1, 0.15) is 18.4 Å². The van der Waals surface area contributed by atoms with Gasteiger partial charge in [-0.3, -0.25) is 19.3 Å². The first kappa shape index (κ1) is 20.5. The minimum Gasteiger partial charge on any atom is -0.342 e. The van der Waals surface area contributed by atoms with E-state index >= 15 is 0 Å². The number of thioether (sulfide) groups is 1. The molecule has 0 spiro atoms. The summed E-state index contributed by atoms with van der Waals surface area (Å²) in [5.41, 5.74) is 0.200. The second kappa shape index (κ2) is 8.04. The van der Waals surface area contributed by atoms with Gasteiger partial charge in [-0.1, -0.05) is 18.2 Å². The zero-order valence-electron chi connectivity index (χ0n) is 15.1. The van der Waals surface area contributed by atoms with Crippen LogP contribution in [0.25, 0.3) is 6.08 Å². The van der Waals surface area contributed by atoms with Crippen molar-refractivity contribution < 1.29 is 27.2 Å². The second-order valence-electron chi connectivity index (χ2n) is 6.67. The van der Waals surface area contributed by atoms with Crippen LogP contribution in [0.3, 0.4) is 0 Å². The minimum absolute atomic E-state index is 0.0548. The van der Waals surface area contributed by atoms with E-state index in [1.54, 1.807) is 6.07 Å². The van der Waals surface area contributed by atoms with Gasteiger partial charge < -0.3 is 4.90 Å². The molecule has 0 aliphatic carbocycles. The Hall–Kier alpha value is -2.20. The lowest BCUT2D eigenvalue weighted by atomic mass is 10.2. The van der Waals surface area contributed by atoms with E-state index in [4.69, 9.17) is 0 Å². The Kier molecular flexibility index (Phi) is 5.90. The van der Waals surface area contributed by atoms with Crippen LogP contribution >= 0.6 is 11.8 Å². The zero-order valence-corrected chi connectivity index (χ0v) is 16.8. The Balaban J connectivity index is 1.62. The van der Waals surface area contributed by atoms with Crippen molar-refractivity contribution in [2.75, 3.05) is 25.1 Å². The first-order chi connectivity index (χ1) is 13.2. The standard InChI is InChI=1S/C18H19FN2O5S2/c1-20(13-7-9-28(25,26)11-13)16(22)6-8-21-17(23)15(27-18(21)24)10-12-4-2-3-5-14(12)19/h2-5,10,13H,6-9,11H2,1H3/b15-10-. The van der Waals surface area contributed by atoms with Crippen molar-refractivity contribution in [3.05, 3.63) is 40.6 Å². The lowest BCUT2D eigenvalue weighted by molar-refractivity contribution is -0.132. The fourth-order valence-corrected chi connectivity index (χ4v) is 5.72. The molecule has 1 aromatic rings. The quantitative estimate of drug-likeness (QED) is 0.668. The van der Waals surface area contributed by atoms with E-state index in [-0.39, 0.29) is 46.9 Å². The molecule has 150 valence electrons. The van der Waals surface area contributed by atoms with Crippen molar-refractivity contribution >= 4 is 44.7 Å². The van der Waals surface area contributed by atoms with Gasteiger partial charge in [0.15, 0.2) is 9.84 Å². The molecule has 1 unspecified atom stereocenters. The Morgan fingerprint density at radius 3 is 2.71 bits per heavy atom. The highest BCUT2D eigenvalue weighted by Crippen LogP contribution is 2.32. The van der Waals surface area contributed by atoms with E-state index < -0.39 is 26.8 Å². The van der Waals surface area contributed by atoms with Crippen molar-refractivity contribution in [2.45, 2.75) is 18.9 Å². The van der Waals surface area contributed by atoms with Gasteiger partial charge in [0.2, 0.25) is 5.91 Å². The third-order valence-electron chi connectivity index (χ3n) is 4.76. The Bertz CT molecular complexity index is 960. The van der Waals surface area contributed by atoms with Crippen LogP contribution in [0.15, 0.2) is 29.2 Å². The van der Waals surface area contributed by atoms with E-state index in [9.17, 15) is 27.2 Å². The maximum Gasteiger partial charge on any atom is 0.293 e. The fraction of sp³-hybridized carbons (Fsp3) is 0.389. The highest BCUT2D eigenvalue weighted by Gasteiger charge is 2.36. The number of imide groups is 1. The molecule has 1 aromatic carbocycles. The lowest BCUT2D eigenvalue weighted by Gasteiger charge is -2.24. The van der Waals surface area contributed by atoms with Crippen LogP contribution < -0.4 is 0 Å². The summed E-state index contributed by atoms with van der Waals surface area (Å²) in [6.07, 6.45) is 1.60. The highest BCUT2D eigenvalue weighted by atomic mass is 32.2. The number of halogens is 1. The van der Waals surface area contributed by atoms with Gasteiger partial charge in [-0.15, -0.1) is 0 Å². The number of amides is 3. The van der Waals surface area contributed by atoms with E-state index in [0.29, 0.717) is 18.2 Å². The maximum absolute atomic E-state index is 13.8. The molecule has 0 bridgehead atoms. The molecule has 7 nitrogen and oxygen atoms in total. The number of rotatable bonds is 5. The average molecular weight is 426 g/mol. The summed E-state index contributed by atoms with van der Waals surface area (Å²) in [7, 11) is -1.59. The molecule has 28 heavy (non-hydrogen) atoms. The molecule has 0 N–H and O–H groups in total. The number of carbonyl (C=O) groups is 3. The van der Waals surface area contributed by atoms with Gasteiger partial charge >= 0.3 is 0 Å². The molecular weight excluding hydrogens is 407 g/mol. The molecule has 2 heterocycles. The van der Waals surface area contributed by atoms with E-state index in [0.717, 1.165) is 4.90 Å². The van der Waals surface area contributed by atoms with Crippen molar-refractivity contribution in [2.24, 2.45) is 0 Å². The van der Waals surface area contributed by atoms with Gasteiger partial charge in [0.1, 0.15) is 5.82 Å². The van der Waals surface area contributed by atoms with Crippen LogP contribution in [-0.4, -0.2) is 66.4 Å². The van der Waals surface area contributed by atoms with Crippen molar-refractivity contribution in [3.8, 4) is 0 Å². The molecule has 10 heteroatoms. The predicted molar refractivity (Wildman–Crippen MR) is 104 cm³/mol. The van der Waals surface area contributed by atoms with Gasteiger partial charge in [0, 0.05) is 31.6 Å². The van der Waals surface area contributed by atoms with Crippen LogP contribution in [0.5, 0.6) is 0 Å². The topological polar surface area (TPSA) is 91.8 Å². The van der Waals surface area contributed by atoms with Crippen LogP contribution in [0.4, 0.5) is 9.18 Å². The van der Waals surface area contributed by atoms with E-state index in [1.807, 2.05) is 0 Å². The minimum atomic E-state index is -3.12. The Morgan fingerprint density at radius 2 is 2.07 bits per heavy atom. The molecule has 0 radical (unpaired) electrons. The van der Waals surface area contributed by atoms with Crippen LogP contribution in [-0.2, 0) is 19.4 Å². The average Bonchev–Trinajstić information content (AvgIpc) is 3.13. The Labute approximate surface area is 166 Å². The summed E-state index contributed by atoms with van der Waals surface area (Å²) in [4.78, 5) is 39.3. The third kappa shape index (κ3) is 4.44. The molecule has 1 atom stereocenters. The lowest BCUT2D eigenvalue weighted by Crippen LogP contribution is -2.40. The molecule has 2 aliphatic heterocycles. The largest absolute Gasteiger partial charge is 0.342 e. The van der Waals surface area contributed by atoms with Crippen molar-refractivity contribution in [1.82, 2.24) is 9.80 Å². The van der Waals surface area contributed by atoms with Crippen LogP contribution in [0, 0.1) is 5.82 Å². The maximum atomic E-state index is 13.8. The van der Waals surface area contributed by atoms with Gasteiger partial charge in [-0.05, 0) is 30.3 Å². The number of carbonyl (C=O) groups excluding carboxylic acids is 3. The normalized spacial score (nSPS) is 22.9. The van der Waals surface area contributed by atoms with E-state index in [2.05, 4.69) is 0 Å². The van der Waals surface area contributed by atoms with Crippen molar-refractivity contribution in [1.29, 1.82) is 0 Å². The van der Waals surface area contributed by atoms with Crippen molar-refractivity contribution in [3.63, 3.8) is 0 Å². The number of nitrogens with zero attached hydrogens (tertiary/aromatic N) is 2.